The fourth-order valence-electron chi connectivity index (χ4n) is 0.979. The Hall–Kier alpha value is -1.84. The average Bonchev–Trinajstić information content (AvgIpc) is 2.25. The Bertz CT molecular complexity index is 413. The molecule has 0 aromatic carbocycles. The third kappa shape index (κ3) is 3.59. The molecule has 0 saturated carbocycles. The number of aromatic nitrogens is 1. The number of aromatic carboxylic acids is 1. The predicted molar refractivity (Wildman–Crippen MR) is 48.5 cm³/mol. The van der Waals surface area contributed by atoms with E-state index in [1.165, 1.54) is 0 Å². The number of nitrogens with zero attached hydrogens (tertiary/aromatic N) is 1. The summed E-state index contributed by atoms with van der Waals surface area (Å²) in [5.74, 6) is -2.05. The Kier molecular flexibility index (Phi) is 4.26. The number of carbonyl (C=O) groups is 1. The molecule has 0 spiro atoms. The first-order chi connectivity index (χ1) is 7.91. The first kappa shape index (κ1) is 13.2. The van der Waals surface area contributed by atoms with Gasteiger partial charge in [0, 0.05) is 6.07 Å². The van der Waals surface area contributed by atoms with Crippen LogP contribution in [0.25, 0.3) is 0 Å². The van der Waals surface area contributed by atoms with Gasteiger partial charge in [-0.15, -0.1) is 0 Å². The predicted octanol–water partition coefficient (Wildman–Crippen LogP) is -0.173. The molecule has 1 unspecified atom stereocenters. The fourth-order valence-corrected chi connectivity index (χ4v) is 0.979. The van der Waals surface area contributed by atoms with Crippen molar-refractivity contribution in [2.45, 2.75) is 6.43 Å². The Labute approximate surface area is 93.4 Å². The van der Waals surface area contributed by atoms with E-state index in [1.807, 2.05) is 0 Å². The molecule has 0 amide bonds. The van der Waals surface area contributed by atoms with Gasteiger partial charge >= 0.3 is 5.97 Å². The van der Waals surface area contributed by atoms with Gasteiger partial charge in [-0.1, -0.05) is 0 Å². The highest BCUT2D eigenvalue weighted by Gasteiger charge is 2.17. The zero-order valence-electron chi connectivity index (χ0n) is 8.26. The van der Waals surface area contributed by atoms with Gasteiger partial charge in [-0.25, -0.2) is 23.8 Å². The summed E-state index contributed by atoms with van der Waals surface area (Å²) in [5, 5.41) is 26.5. The summed E-state index contributed by atoms with van der Waals surface area (Å²) in [5.41, 5.74) is -0.947. The second-order valence-electron chi connectivity index (χ2n) is 2.89. The van der Waals surface area contributed by atoms with E-state index in [0.717, 1.165) is 12.3 Å². The molecule has 1 atom stereocenters. The van der Waals surface area contributed by atoms with Crippen LogP contribution in [0.15, 0.2) is 12.3 Å². The van der Waals surface area contributed by atoms with Crippen molar-refractivity contribution in [1.82, 2.24) is 4.98 Å². The zero-order chi connectivity index (χ0) is 13.0. The molecule has 0 radical (unpaired) electrons. The molecule has 0 fully saturated rings. The second-order valence-corrected chi connectivity index (χ2v) is 2.89. The molecule has 94 valence electrons. The van der Waals surface area contributed by atoms with Crippen LogP contribution in [0.1, 0.15) is 10.4 Å². The van der Waals surface area contributed by atoms with E-state index in [-0.39, 0.29) is 5.69 Å². The molecular formula is C8H8F2N2O5. The van der Waals surface area contributed by atoms with Gasteiger partial charge in [-0.2, -0.15) is 5.23 Å². The number of nitrogens with one attached hydrogen (secondary N) is 1. The van der Waals surface area contributed by atoms with E-state index in [9.17, 15) is 18.8 Å². The third-order valence-electron chi connectivity index (χ3n) is 1.67. The number of rotatable bonds is 5. The van der Waals surface area contributed by atoms with Crippen LogP contribution in [0.2, 0.25) is 0 Å². The van der Waals surface area contributed by atoms with E-state index in [2.05, 4.69) is 9.72 Å². The van der Waals surface area contributed by atoms with Gasteiger partial charge in [0.05, 0.1) is 6.20 Å². The largest absolute Gasteiger partial charge is 0.595 e. The van der Waals surface area contributed by atoms with Crippen molar-refractivity contribution < 1.29 is 33.9 Å². The first-order valence-corrected chi connectivity index (χ1v) is 4.29. The van der Waals surface area contributed by atoms with Gasteiger partial charge in [0.1, 0.15) is 5.56 Å². The van der Waals surface area contributed by atoms with Gasteiger partial charge < -0.3 is 15.1 Å². The lowest BCUT2D eigenvalue weighted by Crippen LogP contribution is -2.99. The van der Waals surface area contributed by atoms with Crippen molar-refractivity contribution >= 4 is 11.7 Å². The van der Waals surface area contributed by atoms with Crippen LogP contribution < -0.4 is 9.96 Å². The molecule has 0 saturated heterocycles. The molecule has 1 rings (SSSR count). The summed E-state index contributed by atoms with van der Waals surface area (Å²) in [6.45, 7) is -1.01. The third-order valence-corrected chi connectivity index (χ3v) is 1.67. The minimum absolute atomic E-state index is 0.369. The monoisotopic (exact) mass is 250 g/mol. The summed E-state index contributed by atoms with van der Waals surface area (Å²) in [6.07, 6.45) is -1.95. The first-order valence-electron chi connectivity index (χ1n) is 4.29. The standard InChI is InChI=1S/C8H8F2N2O5/c9-6(10)3-17-7-5(8(13)14)1-4(2-11-7)12(15)16/h1-2,6,12,15H,3H2,(H,13,14). The topological polar surface area (TPSA) is 107 Å². The number of alkyl halides is 2. The number of carboxylic acid groups (broad SMARTS) is 1. The summed E-state index contributed by atoms with van der Waals surface area (Å²) < 4.78 is 28.2. The van der Waals surface area contributed by atoms with E-state index >= 15 is 0 Å². The number of halogens is 2. The van der Waals surface area contributed by atoms with Crippen LogP contribution in [0.5, 0.6) is 5.88 Å². The highest BCUT2D eigenvalue weighted by molar-refractivity contribution is 5.90. The minimum atomic E-state index is -2.78. The lowest BCUT2D eigenvalue weighted by atomic mass is 10.2. The van der Waals surface area contributed by atoms with E-state index < -0.39 is 35.7 Å². The van der Waals surface area contributed by atoms with Gasteiger partial charge in [-0.3, -0.25) is 0 Å². The highest BCUT2D eigenvalue weighted by Crippen LogP contribution is 2.18. The number of ether oxygens (including phenoxy) is 1. The van der Waals surface area contributed by atoms with E-state index in [0.29, 0.717) is 0 Å². The zero-order valence-corrected chi connectivity index (χ0v) is 8.26. The van der Waals surface area contributed by atoms with E-state index in [1.54, 1.807) is 0 Å². The second kappa shape index (κ2) is 5.48. The van der Waals surface area contributed by atoms with Crippen LogP contribution in [-0.4, -0.2) is 34.3 Å². The molecule has 0 aliphatic rings. The maximum absolute atomic E-state index is 11.9. The molecule has 9 heteroatoms. The number of carboxylic acids is 1. The molecular weight excluding hydrogens is 242 g/mol. The maximum atomic E-state index is 11.9. The molecule has 0 aliphatic heterocycles. The number of hydrogen-bond acceptors (Lipinski definition) is 5. The van der Waals surface area contributed by atoms with Crippen molar-refractivity contribution in [3.63, 3.8) is 0 Å². The SMILES string of the molecule is O=C(O)c1cc([NH+]([O-])O)cnc1OCC(F)F. The minimum Gasteiger partial charge on any atom is -0.595 e. The van der Waals surface area contributed by atoms with Crippen molar-refractivity contribution in [3.8, 4) is 5.88 Å². The number of quaternary nitrogens is 1. The van der Waals surface area contributed by atoms with Gasteiger partial charge in [-0.05, 0) is 0 Å². The molecule has 0 aliphatic carbocycles. The molecule has 1 heterocycles. The summed E-state index contributed by atoms with van der Waals surface area (Å²) in [4.78, 5) is 14.1. The average molecular weight is 250 g/mol. The smallest absolute Gasteiger partial charge is 0.341 e. The van der Waals surface area contributed by atoms with Crippen LogP contribution >= 0.6 is 0 Å². The summed E-state index contributed by atoms with van der Waals surface area (Å²) in [7, 11) is 0. The Balaban J connectivity index is 3.00. The fraction of sp³-hybridized carbons (Fsp3) is 0.250. The van der Waals surface area contributed by atoms with E-state index in [4.69, 9.17) is 10.3 Å². The van der Waals surface area contributed by atoms with Crippen LogP contribution in [-0.2, 0) is 0 Å². The van der Waals surface area contributed by atoms with Crippen molar-refractivity contribution in [1.29, 1.82) is 0 Å². The molecule has 1 aromatic rings. The molecule has 7 nitrogen and oxygen atoms in total. The lowest BCUT2D eigenvalue weighted by molar-refractivity contribution is -0.991. The highest BCUT2D eigenvalue weighted by atomic mass is 19.3. The van der Waals surface area contributed by atoms with Crippen molar-refractivity contribution in [2.75, 3.05) is 6.61 Å². The lowest BCUT2D eigenvalue weighted by Gasteiger charge is -2.13. The van der Waals surface area contributed by atoms with Crippen LogP contribution in [0.3, 0.4) is 0 Å². The normalized spacial score (nSPS) is 12.5. The molecule has 17 heavy (non-hydrogen) atoms. The molecule has 1 aromatic heterocycles. The maximum Gasteiger partial charge on any atom is 0.341 e. The number of pyridine rings is 1. The Morgan fingerprint density at radius 3 is 2.76 bits per heavy atom. The number of hydrogen-bond donors (Lipinski definition) is 3. The summed E-state index contributed by atoms with van der Waals surface area (Å²) in [6, 6.07) is 0.790. The Morgan fingerprint density at radius 1 is 1.65 bits per heavy atom. The van der Waals surface area contributed by atoms with Crippen LogP contribution in [0.4, 0.5) is 14.5 Å². The van der Waals surface area contributed by atoms with Gasteiger partial charge in [0.2, 0.25) is 5.88 Å². The van der Waals surface area contributed by atoms with Crippen molar-refractivity contribution in [3.05, 3.63) is 23.0 Å². The quantitative estimate of drug-likeness (QED) is 0.626. The van der Waals surface area contributed by atoms with Gasteiger partial charge in [0.15, 0.2) is 12.3 Å². The molecule has 3 N–H and O–H groups in total. The van der Waals surface area contributed by atoms with Gasteiger partial charge in [0.25, 0.3) is 6.43 Å². The van der Waals surface area contributed by atoms with Crippen molar-refractivity contribution in [2.24, 2.45) is 0 Å². The summed E-state index contributed by atoms with van der Waals surface area (Å²) >= 11 is 0. The molecule has 0 bridgehead atoms. The Morgan fingerprint density at radius 2 is 2.29 bits per heavy atom. The van der Waals surface area contributed by atoms with Crippen LogP contribution in [0, 0.1) is 5.21 Å².